The molecule has 18 unspecified atom stereocenters. The van der Waals surface area contributed by atoms with Gasteiger partial charge in [-0.2, -0.15) is 0 Å². The minimum Gasteiger partial charge on any atom is -0.660 e. The monoisotopic (exact) mass is 1610 g/mol. The van der Waals surface area contributed by atoms with E-state index in [1.165, 1.54) is 22.9 Å². The Morgan fingerprint density at radius 2 is 0.459 bits per heavy atom. The number of hydrogen-bond donors (Lipinski definition) is 0. The fourth-order valence-electron chi connectivity index (χ4n) is 20.5. The second-order valence-electron chi connectivity index (χ2n) is 33.3. The van der Waals surface area contributed by atoms with Gasteiger partial charge < -0.3 is 81.8 Å². The topological polar surface area (TPSA) is 42.3 Å². The van der Waals surface area contributed by atoms with Crippen LogP contribution in [0.15, 0.2) is 0 Å². The van der Waals surface area contributed by atoms with Gasteiger partial charge in [0.2, 0.25) is 0 Å². The minimum atomic E-state index is -1.49. The van der Waals surface area contributed by atoms with Crippen LogP contribution in [0.3, 0.4) is 0 Å². The third kappa shape index (κ3) is 28.2. The molecule has 0 amide bonds. The standard InChI is InChI=1S/C20H36Si.3C15H32NSi.9CH3.Hf.Ti.2Zr/c1-21(2,19-13-11-15-7-3-5-9-17(15)19)20-14-12-16-8-4-6-10-18(16)20;3*1-10-11(2)13(4)14(12(10)3)17(8,9)16-15(5,6)7;;;;;;;;;;;;;/h15-20H,3-14H2,1-2H3;3*10-14H,1-9H3;9*1H3;;;;/q;12*-1;;3*+3. The summed E-state index contributed by atoms with van der Waals surface area (Å²) in [5.74, 6) is 14.8. The summed E-state index contributed by atoms with van der Waals surface area (Å²) in [6.07, 6.45) is 19.0. The van der Waals surface area contributed by atoms with Crippen molar-refractivity contribution in [2.24, 2.45) is 94.7 Å². The van der Waals surface area contributed by atoms with E-state index in [4.69, 9.17) is 14.9 Å². The van der Waals surface area contributed by atoms with Crippen molar-refractivity contribution in [2.45, 2.75) is 319 Å². The van der Waals surface area contributed by atoms with Crippen LogP contribution in [-0.4, -0.2) is 49.4 Å². The van der Waals surface area contributed by atoms with Gasteiger partial charge in [0.05, 0.1) is 8.07 Å². The van der Waals surface area contributed by atoms with E-state index in [2.05, 4.69) is 198 Å². The average molecular weight is 1610 g/mol. The van der Waals surface area contributed by atoms with E-state index in [1.807, 2.05) is 0 Å². The van der Waals surface area contributed by atoms with Gasteiger partial charge in [-0.05, 0) is 106 Å². The zero-order chi connectivity index (χ0) is 55.2. The first-order valence-corrected chi connectivity index (χ1v) is 44.0. The maximum absolute atomic E-state index is 5.23. The van der Waals surface area contributed by atoms with Crippen molar-refractivity contribution in [2.75, 3.05) is 0 Å². The molecule has 0 aliphatic heterocycles. The van der Waals surface area contributed by atoms with Crippen LogP contribution in [-0.2, 0) is 100.0 Å². The van der Waals surface area contributed by atoms with E-state index < -0.39 is 32.8 Å². The van der Waals surface area contributed by atoms with E-state index in [1.54, 1.807) is 77.0 Å². The van der Waals surface area contributed by atoms with Crippen LogP contribution in [0.1, 0.15) is 222 Å². The van der Waals surface area contributed by atoms with Crippen molar-refractivity contribution in [3.63, 3.8) is 0 Å². The Balaban J connectivity index is -0.000000105. The van der Waals surface area contributed by atoms with Crippen molar-refractivity contribution >= 4 is 32.8 Å². The molecule has 18 atom stereocenters. The van der Waals surface area contributed by atoms with E-state index in [0.29, 0.717) is 0 Å². The molecule has 85 heavy (non-hydrogen) atoms. The summed E-state index contributed by atoms with van der Waals surface area (Å²) in [4.78, 5) is 15.7. The SMILES string of the molecule is CC1C(C)C(C)C([Si](C)(C)[N-]C(C)(C)C)C1C.CC1C(C)C(C)C([Si](C)(C)[N-]C(C)(C)C)C1C.CC1C(C)C(C)C([Si](C)(C)[N-]C(C)(C)C)C1C.C[Si](C)(C1CCC2CCCCC21)C1CCC2CCCCC21.[CH3-].[CH3-].[CH3-].[CH3-].[CH3-].[CH3-].[CH3-].[CH3-].[CH3-].[Hf].[Ti+3].[Zr+3].[Zr+3]. The van der Waals surface area contributed by atoms with Gasteiger partial charge in [-0.25, -0.2) is 0 Å². The van der Waals surface area contributed by atoms with E-state index in [0.717, 1.165) is 99.5 Å². The molecule has 0 aromatic carbocycles. The molecule has 7 saturated carbocycles. The predicted molar refractivity (Wildman–Crippen MR) is 395 cm³/mol. The van der Waals surface area contributed by atoms with Crippen molar-refractivity contribution in [1.82, 2.24) is 0 Å². The van der Waals surface area contributed by atoms with Gasteiger partial charge in [-0.15, -0.1) is 16.6 Å². The summed E-state index contributed by atoms with van der Waals surface area (Å²) in [6, 6.07) is 0. The molecule has 7 fully saturated rings. The van der Waals surface area contributed by atoms with Gasteiger partial charge in [-0.1, -0.05) is 316 Å². The molecule has 11 heteroatoms. The molecule has 3 radical (unpaired) electrons. The van der Waals surface area contributed by atoms with Crippen molar-refractivity contribution < 1.29 is 100.0 Å². The zero-order valence-electron chi connectivity index (χ0n) is 65.5. The third-order valence-corrected chi connectivity index (χ3v) is 40.8. The first-order valence-electron chi connectivity index (χ1n) is 31.8. The van der Waals surface area contributed by atoms with Gasteiger partial charge >= 0.3 is 74.1 Å². The Hall–Kier alpha value is 4.10. The Morgan fingerprint density at radius 3 is 0.635 bits per heavy atom. The van der Waals surface area contributed by atoms with Gasteiger partial charge in [0.1, 0.15) is 0 Å². The Bertz CT molecular complexity index is 1470. The largest absolute Gasteiger partial charge is 3.00 e. The van der Waals surface area contributed by atoms with Crippen LogP contribution in [0.2, 0.25) is 80.1 Å². The fraction of sp³-hybridized carbons (Fsp3) is 0.878. The molecular formula is C74H159HfN3Si4TiZr2-3. The van der Waals surface area contributed by atoms with Crippen molar-refractivity contribution in [3.05, 3.63) is 81.8 Å². The van der Waals surface area contributed by atoms with Crippen LogP contribution in [0.5, 0.6) is 0 Å². The van der Waals surface area contributed by atoms with Crippen molar-refractivity contribution in [1.29, 1.82) is 0 Å². The molecule has 7 rings (SSSR count). The Kier molecular flexibility index (Phi) is 56.4. The van der Waals surface area contributed by atoms with Crippen LogP contribution < -0.4 is 0 Å². The van der Waals surface area contributed by atoms with Gasteiger partial charge in [0.25, 0.3) is 0 Å². The molecule has 0 aromatic rings. The Morgan fingerprint density at radius 1 is 0.282 bits per heavy atom. The number of fused-ring (bicyclic) bond motifs is 2. The molecule has 0 aromatic heterocycles. The molecule has 0 bridgehead atoms. The van der Waals surface area contributed by atoms with Gasteiger partial charge in [0.15, 0.2) is 0 Å². The molecule has 7 aliphatic carbocycles. The molecule has 0 spiro atoms. The van der Waals surface area contributed by atoms with E-state index in [-0.39, 0.29) is 183 Å². The summed E-state index contributed by atoms with van der Waals surface area (Å²) in [6.45, 7) is 70.1. The maximum Gasteiger partial charge on any atom is 3.00 e. The number of nitrogens with zero attached hydrogens (tertiary/aromatic N) is 3. The van der Waals surface area contributed by atoms with Gasteiger partial charge in [-0.3, -0.25) is 0 Å². The smallest absolute Gasteiger partial charge is 0.660 e. The number of rotatable bonds is 8. The summed E-state index contributed by atoms with van der Waals surface area (Å²) in [5, 5.41) is 0. The van der Waals surface area contributed by atoms with Crippen LogP contribution in [0, 0.1) is 162 Å². The summed E-state index contributed by atoms with van der Waals surface area (Å²) in [5.41, 5.74) is 5.35. The summed E-state index contributed by atoms with van der Waals surface area (Å²) >= 11 is 0. The Labute approximate surface area is 621 Å². The van der Waals surface area contributed by atoms with Crippen LogP contribution >= 0.6 is 0 Å². The van der Waals surface area contributed by atoms with Crippen molar-refractivity contribution in [3.8, 4) is 0 Å². The van der Waals surface area contributed by atoms with E-state index in [9.17, 15) is 0 Å². The first kappa shape index (κ1) is 111. The molecule has 505 valence electrons. The first-order chi connectivity index (χ1) is 32.6. The second-order valence-corrected chi connectivity index (χ2v) is 51.0. The average Bonchev–Trinajstić information content (AvgIpc) is 4.00. The summed E-state index contributed by atoms with van der Waals surface area (Å²) in [7, 11) is -5.52. The third-order valence-electron chi connectivity index (χ3n) is 23.8. The number of hydrogen-bond acceptors (Lipinski definition) is 0. The van der Waals surface area contributed by atoms with E-state index >= 15 is 0 Å². The normalized spacial score (nSPS) is 35.5. The fourth-order valence-corrected chi connectivity index (χ4v) is 41.2. The molecule has 0 N–H and O–H groups in total. The molecule has 3 nitrogen and oxygen atoms in total. The molecule has 0 heterocycles. The van der Waals surface area contributed by atoms with Gasteiger partial charge in [0, 0.05) is 25.8 Å². The molecule has 7 aliphatic rings. The zero-order valence-corrected chi connectivity index (χ0v) is 79.5. The van der Waals surface area contributed by atoms with Crippen LogP contribution in [0.25, 0.3) is 14.9 Å². The van der Waals surface area contributed by atoms with Crippen LogP contribution in [0.4, 0.5) is 0 Å². The predicted octanol–water partition coefficient (Wildman–Crippen LogP) is 26.6. The minimum absolute atomic E-state index is 0. The molecular weight excluding hydrogens is 1450 g/mol. The quantitative estimate of drug-likeness (QED) is 0.172. The maximum atomic E-state index is 5.23. The summed E-state index contributed by atoms with van der Waals surface area (Å²) < 4.78 is 0. The molecule has 0 saturated heterocycles. The second kappa shape index (κ2) is 43.4.